The van der Waals surface area contributed by atoms with Crippen molar-refractivity contribution in [3.63, 3.8) is 0 Å². The van der Waals surface area contributed by atoms with E-state index in [4.69, 9.17) is 10.5 Å². The Morgan fingerprint density at radius 3 is 2.50 bits per heavy atom. The van der Waals surface area contributed by atoms with Gasteiger partial charge in [-0.15, -0.1) is 0 Å². The molecule has 0 saturated heterocycles. The minimum atomic E-state index is -4.35. The third kappa shape index (κ3) is 5.33. The molecule has 1 aromatic rings. The van der Waals surface area contributed by atoms with Crippen molar-refractivity contribution in [2.24, 2.45) is 5.73 Å². The molecule has 0 atom stereocenters. The third-order valence-electron chi connectivity index (χ3n) is 1.99. The van der Waals surface area contributed by atoms with Crippen LogP contribution in [0, 0.1) is 5.82 Å². The van der Waals surface area contributed by atoms with Crippen molar-refractivity contribution >= 4 is 0 Å². The number of halogens is 4. The van der Waals surface area contributed by atoms with Crippen LogP contribution >= 0.6 is 0 Å². The molecule has 0 heterocycles. The summed E-state index contributed by atoms with van der Waals surface area (Å²) in [5, 5.41) is 0. The maximum Gasteiger partial charge on any atom is 0.411 e. The number of ether oxygens (including phenoxy) is 2. The van der Waals surface area contributed by atoms with Gasteiger partial charge in [-0.05, 0) is 18.2 Å². The van der Waals surface area contributed by atoms with Gasteiger partial charge in [0.15, 0.2) is 0 Å². The number of benzene rings is 1. The van der Waals surface area contributed by atoms with Gasteiger partial charge in [0.05, 0.1) is 6.61 Å². The zero-order valence-corrected chi connectivity index (χ0v) is 9.47. The second kappa shape index (κ2) is 6.55. The maximum absolute atomic E-state index is 12.8. The Balaban J connectivity index is 2.35. The lowest BCUT2D eigenvalue weighted by Crippen LogP contribution is -2.19. The molecule has 0 radical (unpaired) electrons. The lowest BCUT2D eigenvalue weighted by Gasteiger charge is -2.11. The van der Waals surface area contributed by atoms with Crippen LogP contribution < -0.4 is 10.5 Å². The van der Waals surface area contributed by atoms with Crippen molar-refractivity contribution < 1.29 is 27.0 Å². The lowest BCUT2D eigenvalue weighted by molar-refractivity contribution is -0.175. The topological polar surface area (TPSA) is 44.5 Å². The molecular weight excluding hydrogens is 254 g/mol. The molecule has 1 rings (SSSR count). The average molecular weight is 267 g/mol. The van der Waals surface area contributed by atoms with E-state index in [0.29, 0.717) is 11.3 Å². The summed E-state index contributed by atoms with van der Waals surface area (Å²) in [5.41, 5.74) is 5.83. The van der Waals surface area contributed by atoms with Crippen molar-refractivity contribution in [1.82, 2.24) is 0 Å². The molecule has 0 spiro atoms. The Bertz CT molecular complexity index is 382. The average Bonchev–Trinajstić information content (AvgIpc) is 2.28. The van der Waals surface area contributed by atoms with Crippen LogP contribution in [-0.4, -0.2) is 26.0 Å². The fourth-order valence-electron chi connectivity index (χ4n) is 1.25. The summed E-state index contributed by atoms with van der Waals surface area (Å²) in [6, 6.07) is 3.78. The minimum absolute atomic E-state index is 0.0608. The van der Waals surface area contributed by atoms with E-state index in [1.807, 2.05) is 0 Å². The number of rotatable bonds is 6. The number of alkyl halides is 3. The smallest absolute Gasteiger partial charge is 0.411 e. The Kier molecular flexibility index (Phi) is 5.36. The first-order chi connectivity index (χ1) is 8.42. The van der Waals surface area contributed by atoms with Crippen LogP contribution in [0.3, 0.4) is 0 Å². The molecule has 0 amide bonds. The van der Waals surface area contributed by atoms with Gasteiger partial charge in [0.1, 0.15) is 24.8 Å². The highest BCUT2D eigenvalue weighted by atomic mass is 19.4. The molecule has 0 aromatic heterocycles. The van der Waals surface area contributed by atoms with E-state index in [1.165, 1.54) is 18.2 Å². The van der Waals surface area contributed by atoms with Crippen LogP contribution in [0.25, 0.3) is 0 Å². The molecule has 1 aromatic carbocycles. The maximum atomic E-state index is 12.8. The summed E-state index contributed by atoms with van der Waals surface area (Å²) in [4.78, 5) is 0. The SMILES string of the molecule is NCc1cc(F)ccc1OCCOCC(F)(F)F. The molecule has 0 aliphatic heterocycles. The lowest BCUT2D eigenvalue weighted by atomic mass is 10.2. The van der Waals surface area contributed by atoms with Crippen molar-refractivity contribution in [2.45, 2.75) is 12.7 Å². The van der Waals surface area contributed by atoms with Gasteiger partial charge >= 0.3 is 6.18 Å². The summed E-state index contributed by atoms with van der Waals surface area (Å²) in [5.74, 6) is -0.106. The summed E-state index contributed by atoms with van der Waals surface area (Å²) in [6.45, 7) is -1.50. The highest BCUT2D eigenvalue weighted by Gasteiger charge is 2.27. The van der Waals surface area contributed by atoms with Gasteiger partial charge in [-0.3, -0.25) is 0 Å². The normalized spacial score (nSPS) is 11.6. The van der Waals surface area contributed by atoms with Crippen LogP contribution in [0.5, 0.6) is 5.75 Å². The Hall–Kier alpha value is -1.34. The monoisotopic (exact) mass is 267 g/mol. The van der Waals surface area contributed by atoms with E-state index in [2.05, 4.69) is 4.74 Å². The van der Waals surface area contributed by atoms with Crippen molar-refractivity contribution in [2.75, 3.05) is 19.8 Å². The first kappa shape index (κ1) is 14.7. The first-order valence-electron chi connectivity index (χ1n) is 5.18. The van der Waals surface area contributed by atoms with Gasteiger partial charge in [0, 0.05) is 12.1 Å². The summed E-state index contributed by atoms with van der Waals surface area (Å²) in [6.07, 6.45) is -4.35. The van der Waals surface area contributed by atoms with Crippen LogP contribution in [0.1, 0.15) is 5.56 Å². The Labute approximate surface area is 101 Å². The molecule has 0 aliphatic rings. The van der Waals surface area contributed by atoms with Crippen LogP contribution in [0.2, 0.25) is 0 Å². The molecule has 0 aliphatic carbocycles. The van der Waals surface area contributed by atoms with Gasteiger partial charge in [0.2, 0.25) is 0 Å². The van der Waals surface area contributed by atoms with Gasteiger partial charge in [0.25, 0.3) is 0 Å². The minimum Gasteiger partial charge on any atom is -0.491 e. The molecule has 2 N–H and O–H groups in total. The summed E-state index contributed by atoms with van der Waals surface area (Å²) < 4.78 is 57.6. The predicted octanol–water partition coefficient (Wildman–Crippen LogP) is 2.24. The van der Waals surface area contributed by atoms with Crippen LogP contribution in [0.4, 0.5) is 17.6 Å². The second-order valence-electron chi connectivity index (χ2n) is 3.47. The molecule has 3 nitrogen and oxygen atoms in total. The van der Waals surface area contributed by atoms with E-state index in [0.717, 1.165) is 0 Å². The molecular formula is C11H13F4NO2. The fraction of sp³-hybridized carbons (Fsp3) is 0.455. The van der Waals surface area contributed by atoms with Crippen LogP contribution in [-0.2, 0) is 11.3 Å². The molecule has 0 bridgehead atoms. The second-order valence-corrected chi connectivity index (χ2v) is 3.47. The number of nitrogens with two attached hydrogens (primary N) is 1. The van der Waals surface area contributed by atoms with E-state index in [1.54, 1.807) is 0 Å². The van der Waals surface area contributed by atoms with Gasteiger partial charge < -0.3 is 15.2 Å². The largest absolute Gasteiger partial charge is 0.491 e. The van der Waals surface area contributed by atoms with Crippen LogP contribution in [0.15, 0.2) is 18.2 Å². The predicted molar refractivity (Wildman–Crippen MR) is 56.7 cm³/mol. The van der Waals surface area contributed by atoms with E-state index < -0.39 is 18.6 Å². The zero-order valence-electron chi connectivity index (χ0n) is 9.47. The zero-order chi connectivity index (χ0) is 13.6. The molecule has 102 valence electrons. The number of hydrogen-bond donors (Lipinski definition) is 1. The molecule has 18 heavy (non-hydrogen) atoms. The van der Waals surface area contributed by atoms with E-state index in [-0.39, 0.29) is 19.8 Å². The van der Waals surface area contributed by atoms with E-state index in [9.17, 15) is 17.6 Å². The summed E-state index contributed by atoms with van der Waals surface area (Å²) in [7, 11) is 0. The molecule has 0 saturated carbocycles. The fourth-order valence-corrected chi connectivity index (χ4v) is 1.25. The van der Waals surface area contributed by atoms with Gasteiger partial charge in [-0.2, -0.15) is 13.2 Å². The van der Waals surface area contributed by atoms with Crippen molar-refractivity contribution in [3.8, 4) is 5.75 Å². The molecule has 0 fully saturated rings. The van der Waals surface area contributed by atoms with Gasteiger partial charge in [-0.1, -0.05) is 0 Å². The van der Waals surface area contributed by atoms with Gasteiger partial charge in [-0.25, -0.2) is 4.39 Å². The molecule has 7 heteroatoms. The van der Waals surface area contributed by atoms with E-state index >= 15 is 0 Å². The summed E-state index contributed by atoms with van der Waals surface area (Å²) >= 11 is 0. The Morgan fingerprint density at radius 2 is 1.89 bits per heavy atom. The van der Waals surface area contributed by atoms with Crippen molar-refractivity contribution in [3.05, 3.63) is 29.6 Å². The quantitative estimate of drug-likeness (QED) is 0.635. The third-order valence-corrected chi connectivity index (χ3v) is 1.99. The highest BCUT2D eigenvalue weighted by molar-refractivity contribution is 5.33. The molecule has 0 unspecified atom stereocenters. The Morgan fingerprint density at radius 1 is 1.17 bits per heavy atom. The first-order valence-corrected chi connectivity index (χ1v) is 5.18. The van der Waals surface area contributed by atoms with Crippen molar-refractivity contribution in [1.29, 1.82) is 0 Å². The highest BCUT2D eigenvalue weighted by Crippen LogP contribution is 2.19. The number of hydrogen-bond acceptors (Lipinski definition) is 3. The standard InChI is InChI=1S/C11H13F4NO2/c12-9-1-2-10(8(5-9)6-16)18-4-3-17-7-11(13,14)15/h1-2,5H,3-4,6-7,16H2.